The number of nitrogens with one attached hydrogen (secondary N) is 1. The van der Waals surface area contributed by atoms with Crippen LogP contribution in [0.1, 0.15) is 75.8 Å². The van der Waals surface area contributed by atoms with E-state index in [1.165, 1.54) is 6.07 Å². The van der Waals surface area contributed by atoms with Crippen molar-refractivity contribution in [1.82, 2.24) is 5.32 Å². The number of hydrogen-bond donors (Lipinski definition) is 2. The van der Waals surface area contributed by atoms with Crippen molar-refractivity contribution in [3.8, 4) is 5.75 Å². The van der Waals surface area contributed by atoms with Crippen molar-refractivity contribution in [3.05, 3.63) is 41.5 Å². The Kier molecular flexibility index (Phi) is 8.25. The summed E-state index contributed by atoms with van der Waals surface area (Å²) < 4.78 is 48.7. The van der Waals surface area contributed by atoms with Gasteiger partial charge < -0.3 is 15.2 Å². The van der Waals surface area contributed by atoms with Crippen LogP contribution in [0.25, 0.3) is 10.8 Å². The second-order valence-corrected chi connectivity index (χ2v) is 10.3. The minimum atomic E-state index is -4.50. The predicted molar refractivity (Wildman–Crippen MR) is 131 cm³/mol. The minimum Gasteiger partial charge on any atom is -0.490 e. The molecule has 7 heteroatoms. The highest BCUT2D eigenvalue weighted by Gasteiger charge is 2.37. The van der Waals surface area contributed by atoms with Gasteiger partial charge in [0, 0.05) is 6.04 Å². The number of ether oxygens (including phenoxy) is 1. The Hall–Kier alpha value is -2.28. The Balaban J connectivity index is 1.45. The third-order valence-corrected chi connectivity index (χ3v) is 7.92. The van der Waals surface area contributed by atoms with Gasteiger partial charge in [-0.25, -0.2) is 0 Å². The maximum absolute atomic E-state index is 14.2. The fraction of sp³-hybridized carbons (Fsp3) is 0.607. The van der Waals surface area contributed by atoms with Crippen LogP contribution in [0.3, 0.4) is 0 Å². The molecule has 4 rings (SSSR count). The summed E-state index contributed by atoms with van der Waals surface area (Å²) in [6.45, 7) is 2.81. The molecular formula is C28H36F3NO3. The number of aliphatic carboxylic acids is 1. The van der Waals surface area contributed by atoms with Gasteiger partial charge in [-0.3, -0.25) is 4.79 Å². The SMILES string of the molecule is CC[C@H]1CC[C@@H](Oc2ccc3ccc(CCN[C@H]4CC[C@@H](C(=O)O)CC4)cc3c2C(F)(F)F)CC1. The first kappa shape index (κ1) is 25.8. The fourth-order valence-electron chi connectivity index (χ4n) is 5.70. The van der Waals surface area contributed by atoms with E-state index in [0.717, 1.165) is 50.5 Å². The fourth-order valence-corrected chi connectivity index (χ4v) is 5.70. The lowest BCUT2D eigenvalue weighted by Gasteiger charge is -2.29. The number of alkyl halides is 3. The van der Waals surface area contributed by atoms with Crippen LogP contribution >= 0.6 is 0 Å². The molecule has 0 aromatic heterocycles. The van der Waals surface area contributed by atoms with Crippen molar-refractivity contribution in [2.45, 2.75) is 89.5 Å². The highest BCUT2D eigenvalue weighted by Crippen LogP contribution is 2.43. The van der Waals surface area contributed by atoms with Crippen LogP contribution in [0.15, 0.2) is 30.3 Å². The minimum absolute atomic E-state index is 0.0598. The number of rotatable bonds is 8. The van der Waals surface area contributed by atoms with Gasteiger partial charge in [0.05, 0.1) is 12.0 Å². The summed E-state index contributed by atoms with van der Waals surface area (Å²) in [7, 11) is 0. The van der Waals surface area contributed by atoms with Gasteiger partial charge in [-0.2, -0.15) is 13.2 Å². The van der Waals surface area contributed by atoms with Crippen molar-refractivity contribution < 1.29 is 27.8 Å². The van der Waals surface area contributed by atoms with E-state index in [-0.39, 0.29) is 29.2 Å². The molecule has 0 atom stereocenters. The second kappa shape index (κ2) is 11.2. The van der Waals surface area contributed by atoms with Gasteiger partial charge in [-0.1, -0.05) is 37.6 Å². The Morgan fingerprint density at radius 2 is 1.71 bits per heavy atom. The second-order valence-electron chi connectivity index (χ2n) is 10.3. The molecule has 0 unspecified atom stereocenters. The monoisotopic (exact) mass is 491 g/mol. The first-order chi connectivity index (χ1) is 16.7. The number of carboxylic acids is 1. The van der Waals surface area contributed by atoms with E-state index >= 15 is 0 Å². The van der Waals surface area contributed by atoms with Gasteiger partial charge in [0.2, 0.25) is 0 Å². The van der Waals surface area contributed by atoms with Crippen molar-refractivity contribution in [2.75, 3.05) is 6.54 Å². The van der Waals surface area contributed by atoms with Gasteiger partial charge >= 0.3 is 12.1 Å². The molecule has 0 saturated heterocycles. The van der Waals surface area contributed by atoms with Crippen LogP contribution in [0, 0.1) is 11.8 Å². The average Bonchev–Trinajstić information content (AvgIpc) is 2.84. The van der Waals surface area contributed by atoms with Crippen LogP contribution in [0.2, 0.25) is 0 Å². The van der Waals surface area contributed by atoms with E-state index in [4.69, 9.17) is 9.84 Å². The Bertz CT molecular complexity index is 1010. The summed E-state index contributed by atoms with van der Waals surface area (Å²) in [5.41, 5.74) is 0.171. The maximum atomic E-state index is 14.2. The van der Waals surface area contributed by atoms with E-state index < -0.39 is 17.7 Å². The number of fused-ring (bicyclic) bond motifs is 1. The molecule has 0 spiro atoms. The third-order valence-electron chi connectivity index (χ3n) is 7.92. The predicted octanol–water partition coefficient (Wildman–Crippen LogP) is 6.98. The maximum Gasteiger partial charge on any atom is 0.420 e. The number of halogens is 3. The molecule has 0 aliphatic heterocycles. The number of hydrogen-bond acceptors (Lipinski definition) is 3. The molecule has 2 aromatic carbocycles. The van der Waals surface area contributed by atoms with Crippen molar-refractivity contribution in [3.63, 3.8) is 0 Å². The summed E-state index contributed by atoms with van der Waals surface area (Å²) in [5, 5.41) is 13.3. The molecule has 4 nitrogen and oxygen atoms in total. The van der Waals surface area contributed by atoms with E-state index in [1.54, 1.807) is 18.2 Å². The van der Waals surface area contributed by atoms with Gasteiger partial charge in [0.1, 0.15) is 11.3 Å². The average molecular weight is 492 g/mol. The third kappa shape index (κ3) is 6.49. The Morgan fingerprint density at radius 1 is 1.03 bits per heavy atom. The molecule has 2 N–H and O–H groups in total. The quantitative estimate of drug-likeness (QED) is 0.418. The molecule has 2 aliphatic carbocycles. The molecule has 0 bridgehead atoms. The largest absolute Gasteiger partial charge is 0.490 e. The van der Waals surface area contributed by atoms with E-state index in [9.17, 15) is 18.0 Å². The molecule has 2 saturated carbocycles. The lowest BCUT2D eigenvalue weighted by Crippen LogP contribution is -2.36. The zero-order valence-electron chi connectivity index (χ0n) is 20.4. The number of carboxylic acid groups (broad SMARTS) is 1. The zero-order chi connectivity index (χ0) is 25.0. The highest BCUT2D eigenvalue weighted by atomic mass is 19.4. The number of benzene rings is 2. The Morgan fingerprint density at radius 3 is 2.34 bits per heavy atom. The van der Waals surface area contributed by atoms with Gasteiger partial charge in [0.15, 0.2) is 0 Å². The highest BCUT2D eigenvalue weighted by molar-refractivity contribution is 5.89. The number of carbonyl (C=O) groups is 1. The summed E-state index contributed by atoms with van der Waals surface area (Å²) in [6, 6.07) is 8.76. The van der Waals surface area contributed by atoms with Crippen LogP contribution in [-0.2, 0) is 17.4 Å². The lowest BCUT2D eigenvalue weighted by molar-refractivity contribution is -0.143. The van der Waals surface area contributed by atoms with Gasteiger partial charge in [0.25, 0.3) is 0 Å². The molecule has 2 aliphatic rings. The van der Waals surface area contributed by atoms with E-state index in [1.807, 2.05) is 6.07 Å². The molecule has 2 aromatic rings. The molecule has 35 heavy (non-hydrogen) atoms. The molecule has 0 radical (unpaired) electrons. The van der Waals surface area contributed by atoms with Crippen molar-refractivity contribution in [1.29, 1.82) is 0 Å². The first-order valence-corrected chi connectivity index (χ1v) is 13.0. The smallest absolute Gasteiger partial charge is 0.420 e. The normalized spacial score (nSPS) is 25.5. The lowest BCUT2D eigenvalue weighted by atomic mass is 9.86. The van der Waals surface area contributed by atoms with Crippen LogP contribution < -0.4 is 10.1 Å². The van der Waals surface area contributed by atoms with Gasteiger partial charge in [-0.05, 0) is 92.7 Å². The zero-order valence-corrected chi connectivity index (χ0v) is 20.4. The van der Waals surface area contributed by atoms with Gasteiger partial charge in [-0.15, -0.1) is 0 Å². The van der Waals surface area contributed by atoms with Crippen molar-refractivity contribution >= 4 is 16.7 Å². The first-order valence-electron chi connectivity index (χ1n) is 13.0. The summed E-state index contributed by atoms with van der Waals surface area (Å²) >= 11 is 0. The van der Waals surface area contributed by atoms with Crippen LogP contribution in [-0.4, -0.2) is 29.8 Å². The summed E-state index contributed by atoms with van der Waals surface area (Å²) in [6.07, 6.45) is 3.62. The van der Waals surface area contributed by atoms with Crippen LogP contribution in [0.5, 0.6) is 5.75 Å². The molecule has 2 fully saturated rings. The molecule has 192 valence electrons. The van der Waals surface area contributed by atoms with E-state index in [0.29, 0.717) is 37.1 Å². The standard InChI is InChI=1S/C28H36F3NO3/c1-2-18-4-12-23(13-5-18)35-25-14-9-20-6-3-19(17-24(20)26(25)28(29,30)31)15-16-32-22-10-7-21(8-11-22)27(33)34/h3,6,9,14,17-18,21-23,32H,2,4-5,7-8,10-13,15-16H2,1H3,(H,33,34)/t18-,21-,22+,23+. The molecule has 0 amide bonds. The summed E-state index contributed by atoms with van der Waals surface area (Å²) in [5.74, 6) is -0.392. The van der Waals surface area contributed by atoms with Crippen molar-refractivity contribution in [2.24, 2.45) is 11.8 Å². The molecule has 0 heterocycles. The molecular weight excluding hydrogens is 455 g/mol. The summed E-state index contributed by atoms with van der Waals surface area (Å²) in [4.78, 5) is 11.1. The Labute approximate surface area is 205 Å². The van der Waals surface area contributed by atoms with E-state index in [2.05, 4.69) is 12.2 Å². The topological polar surface area (TPSA) is 58.6 Å². The van der Waals surface area contributed by atoms with Crippen LogP contribution in [0.4, 0.5) is 13.2 Å².